The van der Waals surface area contributed by atoms with Crippen molar-refractivity contribution in [2.75, 3.05) is 5.32 Å². The number of rotatable bonds is 3. The lowest BCUT2D eigenvalue weighted by molar-refractivity contribution is 1.09. The number of aromatic amines is 1. The van der Waals surface area contributed by atoms with Gasteiger partial charge in [-0.2, -0.15) is 5.10 Å². The maximum Gasteiger partial charge on any atom is 0.180 e. The molecule has 4 heterocycles. The van der Waals surface area contributed by atoms with Crippen molar-refractivity contribution in [3.8, 4) is 11.3 Å². The van der Waals surface area contributed by atoms with Crippen LogP contribution in [0.15, 0.2) is 53.9 Å². The van der Waals surface area contributed by atoms with Crippen molar-refractivity contribution in [3.05, 3.63) is 53.9 Å². The number of nitrogens with one attached hydrogen (secondary N) is 2. The van der Waals surface area contributed by atoms with Crippen molar-refractivity contribution in [1.29, 1.82) is 0 Å². The quantitative estimate of drug-likeness (QED) is 0.552. The molecule has 108 valence electrons. The second-order valence-corrected chi connectivity index (χ2v) is 5.41. The monoisotopic (exact) mass is 355 g/mol. The molecule has 22 heavy (non-hydrogen) atoms. The zero-order chi connectivity index (χ0) is 14.9. The first-order chi connectivity index (χ1) is 10.8. The molecule has 0 aliphatic carbocycles. The molecule has 4 aromatic heterocycles. The number of imidazole rings is 1. The summed E-state index contributed by atoms with van der Waals surface area (Å²) in [6, 6.07) is 3.78. The molecule has 0 saturated heterocycles. The first kappa shape index (κ1) is 13.0. The molecule has 4 aromatic rings. The smallest absolute Gasteiger partial charge is 0.180 e. The lowest BCUT2D eigenvalue weighted by Gasteiger charge is -2.07. The largest absolute Gasteiger partial charge is 0.336 e. The van der Waals surface area contributed by atoms with Crippen LogP contribution in [0, 0.1) is 0 Å². The van der Waals surface area contributed by atoms with E-state index in [1.54, 1.807) is 24.8 Å². The third-order valence-corrected chi connectivity index (χ3v) is 3.68. The van der Waals surface area contributed by atoms with Crippen LogP contribution in [0.2, 0.25) is 0 Å². The number of hydrogen-bond acceptors (Lipinski definition) is 5. The van der Waals surface area contributed by atoms with Crippen molar-refractivity contribution in [2.45, 2.75) is 0 Å². The fourth-order valence-corrected chi connectivity index (χ4v) is 2.43. The van der Waals surface area contributed by atoms with Crippen LogP contribution in [0.1, 0.15) is 0 Å². The van der Waals surface area contributed by atoms with Gasteiger partial charge in [-0.3, -0.25) is 9.50 Å². The molecule has 0 aliphatic heterocycles. The summed E-state index contributed by atoms with van der Waals surface area (Å²) in [4.78, 5) is 13.0. The highest BCUT2D eigenvalue weighted by molar-refractivity contribution is 9.10. The van der Waals surface area contributed by atoms with Crippen LogP contribution in [-0.2, 0) is 0 Å². The Labute approximate surface area is 133 Å². The number of fused-ring (bicyclic) bond motifs is 1. The van der Waals surface area contributed by atoms with E-state index >= 15 is 0 Å². The summed E-state index contributed by atoms with van der Waals surface area (Å²) in [5, 5.41) is 10.0. The normalized spacial score (nSPS) is 11.0. The third kappa shape index (κ3) is 2.23. The molecule has 0 bridgehead atoms. The Morgan fingerprint density at radius 1 is 1.09 bits per heavy atom. The number of pyridine rings is 1. The summed E-state index contributed by atoms with van der Waals surface area (Å²) < 4.78 is 2.75. The average Bonchev–Trinajstić information content (AvgIpc) is 3.18. The fourth-order valence-electron chi connectivity index (χ4n) is 2.20. The van der Waals surface area contributed by atoms with Gasteiger partial charge in [0.05, 0.1) is 30.0 Å². The van der Waals surface area contributed by atoms with Crippen LogP contribution in [0.25, 0.3) is 16.9 Å². The summed E-state index contributed by atoms with van der Waals surface area (Å²) in [6.07, 6.45) is 10.7. The zero-order valence-electron chi connectivity index (χ0n) is 11.2. The minimum Gasteiger partial charge on any atom is -0.336 e. The van der Waals surface area contributed by atoms with E-state index < -0.39 is 0 Å². The molecule has 0 aliphatic rings. The molecule has 0 amide bonds. The maximum absolute atomic E-state index is 4.45. The van der Waals surface area contributed by atoms with E-state index in [2.05, 4.69) is 46.4 Å². The van der Waals surface area contributed by atoms with Gasteiger partial charge in [0.1, 0.15) is 4.60 Å². The molecule has 0 saturated carbocycles. The fraction of sp³-hybridized carbons (Fsp3) is 0. The van der Waals surface area contributed by atoms with Crippen LogP contribution in [0.3, 0.4) is 0 Å². The zero-order valence-corrected chi connectivity index (χ0v) is 12.8. The van der Waals surface area contributed by atoms with Gasteiger partial charge in [0.2, 0.25) is 0 Å². The topological polar surface area (TPSA) is 83.8 Å². The van der Waals surface area contributed by atoms with Gasteiger partial charge >= 0.3 is 0 Å². The molecule has 7 nitrogen and oxygen atoms in total. The Balaban J connectivity index is 1.77. The predicted octanol–water partition coefficient (Wildman–Crippen LogP) is 3.02. The second-order valence-electron chi connectivity index (χ2n) is 4.59. The Morgan fingerprint density at radius 3 is 2.82 bits per heavy atom. The van der Waals surface area contributed by atoms with Crippen LogP contribution >= 0.6 is 15.9 Å². The molecule has 4 rings (SSSR count). The SMILES string of the molecule is Brc1ccc(Nc2nccn3c(-c4cn[nH]c4)cnc23)cn1. The van der Waals surface area contributed by atoms with E-state index in [4.69, 9.17) is 0 Å². The van der Waals surface area contributed by atoms with Crippen LogP contribution < -0.4 is 5.32 Å². The summed E-state index contributed by atoms with van der Waals surface area (Å²) >= 11 is 3.32. The summed E-state index contributed by atoms with van der Waals surface area (Å²) in [5.41, 5.74) is 3.50. The van der Waals surface area contributed by atoms with Gasteiger partial charge in [-0.25, -0.2) is 15.0 Å². The van der Waals surface area contributed by atoms with Crippen LogP contribution in [0.4, 0.5) is 11.5 Å². The van der Waals surface area contributed by atoms with E-state index in [0.29, 0.717) is 5.82 Å². The minimum absolute atomic E-state index is 0.668. The molecule has 0 aromatic carbocycles. The Morgan fingerprint density at radius 2 is 2.05 bits per heavy atom. The van der Waals surface area contributed by atoms with Crippen molar-refractivity contribution in [2.24, 2.45) is 0 Å². The summed E-state index contributed by atoms with van der Waals surface area (Å²) in [6.45, 7) is 0. The minimum atomic E-state index is 0.668. The van der Waals surface area contributed by atoms with Gasteiger partial charge in [-0.1, -0.05) is 0 Å². The van der Waals surface area contributed by atoms with Gasteiger partial charge < -0.3 is 5.32 Å². The van der Waals surface area contributed by atoms with Crippen LogP contribution in [0.5, 0.6) is 0 Å². The first-order valence-corrected chi connectivity index (χ1v) is 7.30. The van der Waals surface area contributed by atoms with E-state index in [0.717, 1.165) is 27.2 Å². The maximum atomic E-state index is 4.45. The van der Waals surface area contributed by atoms with Gasteiger partial charge in [-0.05, 0) is 28.1 Å². The molecule has 0 unspecified atom stereocenters. The molecule has 0 spiro atoms. The Kier molecular flexibility index (Phi) is 3.08. The lowest BCUT2D eigenvalue weighted by Crippen LogP contribution is -1.98. The van der Waals surface area contributed by atoms with Gasteiger partial charge in [0.15, 0.2) is 11.5 Å². The van der Waals surface area contributed by atoms with Crippen molar-refractivity contribution in [1.82, 2.24) is 29.5 Å². The first-order valence-electron chi connectivity index (χ1n) is 6.51. The Hall–Kier alpha value is -2.74. The summed E-state index contributed by atoms with van der Waals surface area (Å²) in [5.74, 6) is 0.668. The molecular formula is C14H10BrN7. The Bertz CT molecular complexity index is 912. The second kappa shape index (κ2) is 5.23. The summed E-state index contributed by atoms with van der Waals surface area (Å²) in [7, 11) is 0. The third-order valence-electron chi connectivity index (χ3n) is 3.21. The van der Waals surface area contributed by atoms with E-state index in [1.807, 2.05) is 28.9 Å². The number of hydrogen-bond donors (Lipinski definition) is 2. The molecule has 2 N–H and O–H groups in total. The van der Waals surface area contributed by atoms with Gasteiger partial charge in [0.25, 0.3) is 0 Å². The number of halogens is 1. The number of aromatic nitrogens is 6. The predicted molar refractivity (Wildman–Crippen MR) is 85.8 cm³/mol. The van der Waals surface area contributed by atoms with E-state index in [1.165, 1.54) is 0 Å². The van der Waals surface area contributed by atoms with Crippen molar-refractivity contribution >= 4 is 33.1 Å². The average molecular weight is 356 g/mol. The van der Waals surface area contributed by atoms with Crippen LogP contribution in [-0.4, -0.2) is 29.5 Å². The standard InChI is InChI=1S/C14H10BrN7/c15-12-2-1-10(7-17-12)21-13-14-18-8-11(9-5-19-20-6-9)22(14)4-3-16-13/h1-8H,(H,16,21)(H,19,20). The lowest BCUT2D eigenvalue weighted by atomic mass is 10.3. The van der Waals surface area contributed by atoms with Crippen molar-refractivity contribution < 1.29 is 0 Å². The van der Waals surface area contributed by atoms with E-state index in [-0.39, 0.29) is 0 Å². The number of nitrogens with zero attached hydrogens (tertiary/aromatic N) is 5. The van der Waals surface area contributed by atoms with Gasteiger partial charge in [-0.15, -0.1) is 0 Å². The molecule has 0 fully saturated rings. The molecule has 0 radical (unpaired) electrons. The van der Waals surface area contributed by atoms with Crippen molar-refractivity contribution in [3.63, 3.8) is 0 Å². The molecular weight excluding hydrogens is 346 g/mol. The number of H-pyrrole nitrogens is 1. The number of anilines is 2. The van der Waals surface area contributed by atoms with Gasteiger partial charge in [0, 0.05) is 24.2 Å². The highest BCUT2D eigenvalue weighted by Crippen LogP contribution is 2.24. The molecule has 0 atom stereocenters. The van der Waals surface area contributed by atoms with E-state index in [9.17, 15) is 0 Å². The highest BCUT2D eigenvalue weighted by Gasteiger charge is 2.11. The highest BCUT2D eigenvalue weighted by atomic mass is 79.9. The molecule has 8 heteroatoms.